The predicted octanol–water partition coefficient (Wildman–Crippen LogP) is 1.67. The van der Waals surface area contributed by atoms with Crippen LogP contribution >= 0.6 is 0 Å². The van der Waals surface area contributed by atoms with E-state index in [1.165, 1.54) is 0 Å². The van der Waals surface area contributed by atoms with Gasteiger partial charge in [0.15, 0.2) is 0 Å². The molecule has 13 heavy (non-hydrogen) atoms. The maximum absolute atomic E-state index is 11.9. The van der Waals surface area contributed by atoms with Gasteiger partial charge in [0.2, 0.25) is 0 Å². The van der Waals surface area contributed by atoms with Crippen LogP contribution in [0, 0.1) is 0 Å². The molecule has 3 nitrogen and oxygen atoms in total. The molecule has 0 radical (unpaired) electrons. The van der Waals surface area contributed by atoms with Gasteiger partial charge in [-0.3, -0.25) is 4.79 Å². The van der Waals surface area contributed by atoms with Gasteiger partial charge in [-0.05, 0) is 27.2 Å². The van der Waals surface area contributed by atoms with E-state index in [4.69, 9.17) is 4.74 Å². The van der Waals surface area contributed by atoms with Gasteiger partial charge in [-0.2, -0.15) is 0 Å². The first-order valence-electron chi connectivity index (χ1n) is 4.90. The Kier molecular flexibility index (Phi) is 4.99. The SMILES string of the molecule is CCN(CC)C(=O)C(C)(CC)OC. The number of nitrogens with zero attached hydrogens (tertiary/aromatic N) is 1. The van der Waals surface area contributed by atoms with Gasteiger partial charge < -0.3 is 9.64 Å². The molecule has 0 spiro atoms. The zero-order valence-corrected chi connectivity index (χ0v) is 9.39. The monoisotopic (exact) mass is 187 g/mol. The van der Waals surface area contributed by atoms with E-state index >= 15 is 0 Å². The fourth-order valence-electron chi connectivity index (χ4n) is 1.23. The molecule has 0 aliphatic heterocycles. The molecule has 1 atom stereocenters. The molecule has 0 saturated carbocycles. The van der Waals surface area contributed by atoms with Gasteiger partial charge in [0.1, 0.15) is 5.60 Å². The first kappa shape index (κ1) is 12.4. The second-order valence-corrected chi connectivity index (χ2v) is 3.27. The van der Waals surface area contributed by atoms with Crippen molar-refractivity contribution < 1.29 is 9.53 Å². The van der Waals surface area contributed by atoms with E-state index in [-0.39, 0.29) is 5.91 Å². The van der Waals surface area contributed by atoms with Crippen molar-refractivity contribution in [3.05, 3.63) is 0 Å². The van der Waals surface area contributed by atoms with E-state index in [9.17, 15) is 4.79 Å². The van der Waals surface area contributed by atoms with Crippen LogP contribution in [0.25, 0.3) is 0 Å². The number of ether oxygens (including phenoxy) is 1. The summed E-state index contributed by atoms with van der Waals surface area (Å²) in [6, 6.07) is 0. The summed E-state index contributed by atoms with van der Waals surface area (Å²) in [4.78, 5) is 13.7. The smallest absolute Gasteiger partial charge is 0.254 e. The number of rotatable bonds is 5. The van der Waals surface area contributed by atoms with Crippen molar-refractivity contribution in [1.29, 1.82) is 0 Å². The molecular formula is C10H21NO2. The van der Waals surface area contributed by atoms with Gasteiger partial charge in [0, 0.05) is 20.2 Å². The normalized spacial score (nSPS) is 15.2. The van der Waals surface area contributed by atoms with Crippen molar-refractivity contribution in [2.75, 3.05) is 20.2 Å². The minimum absolute atomic E-state index is 0.0856. The van der Waals surface area contributed by atoms with Gasteiger partial charge in [-0.25, -0.2) is 0 Å². The van der Waals surface area contributed by atoms with Crippen molar-refractivity contribution in [3.63, 3.8) is 0 Å². The largest absolute Gasteiger partial charge is 0.369 e. The summed E-state index contributed by atoms with van der Waals surface area (Å²) >= 11 is 0. The Morgan fingerprint density at radius 1 is 1.31 bits per heavy atom. The van der Waals surface area contributed by atoms with E-state index in [0.29, 0.717) is 6.42 Å². The van der Waals surface area contributed by atoms with E-state index in [0.717, 1.165) is 13.1 Å². The number of carbonyl (C=O) groups excluding carboxylic acids is 1. The summed E-state index contributed by atoms with van der Waals surface area (Å²) in [5.74, 6) is 0.0856. The highest BCUT2D eigenvalue weighted by Crippen LogP contribution is 2.17. The van der Waals surface area contributed by atoms with Crippen LogP contribution in [0.2, 0.25) is 0 Å². The maximum atomic E-state index is 11.9. The molecule has 1 amide bonds. The average molecular weight is 187 g/mol. The fraction of sp³-hybridized carbons (Fsp3) is 0.900. The van der Waals surface area contributed by atoms with Crippen molar-refractivity contribution in [1.82, 2.24) is 4.90 Å². The number of hydrogen-bond donors (Lipinski definition) is 0. The lowest BCUT2D eigenvalue weighted by Gasteiger charge is -2.31. The topological polar surface area (TPSA) is 29.5 Å². The lowest BCUT2D eigenvalue weighted by molar-refractivity contribution is -0.152. The summed E-state index contributed by atoms with van der Waals surface area (Å²) < 4.78 is 5.24. The van der Waals surface area contributed by atoms with Crippen LogP contribution in [0.1, 0.15) is 34.1 Å². The van der Waals surface area contributed by atoms with Gasteiger partial charge in [0.05, 0.1) is 0 Å². The van der Waals surface area contributed by atoms with Crippen molar-refractivity contribution >= 4 is 5.91 Å². The molecule has 1 unspecified atom stereocenters. The quantitative estimate of drug-likeness (QED) is 0.655. The number of carbonyl (C=O) groups is 1. The zero-order valence-electron chi connectivity index (χ0n) is 9.39. The molecule has 0 bridgehead atoms. The number of likely N-dealkylation sites (N-methyl/N-ethyl adjacent to an activating group) is 1. The molecule has 0 rings (SSSR count). The molecule has 0 heterocycles. The third-order valence-electron chi connectivity index (χ3n) is 2.63. The van der Waals surface area contributed by atoms with Gasteiger partial charge in [-0.15, -0.1) is 0 Å². The average Bonchev–Trinajstić information content (AvgIpc) is 2.18. The molecule has 0 aromatic carbocycles. The molecule has 0 fully saturated rings. The molecule has 0 aromatic rings. The molecule has 0 aliphatic rings. The lowest BCUT2D eigenvalue weighted by atomic mass is 10.0. The van der Waals surface area contributed by atoms with E-state index in [1.54, 1.807) is 12.0 Å². The Morgan fingerprint density at radius 2 is 1.77 bits per heavy atom. The minimum Gasteiger partial charge on any atom is -0.369 e. The second-order valence-electron chi connectivity index (χ2n) is 3.27. The Bertz CT molecular complexity index is 160. The summed E-state index contributed by atoms with van der Waals surface area (Å²) in [5, 5.41) is 0. The first-order chi connectivity index (χ1) is 6.05. The van der Waals surface area contributed by atoms with Gasteiger partial charge in [0.25, 0.3) is 5.91 Å². The molecule has 78 valence electrons. The predicted molar refractivity (Wildman–Crippen MR) is 53.6 cm³/mol. The van der Waals surface area contributed by atoms with Crippen LogP contribution in [0.3, 0.4) is 0 Å². The number of hydrogen-bond acceptors (Lipinski definition) is 2. The summed E-state index contributed by atoms with van der Waals surface area (Å²) in [7, 11) is 1.59. The molecular weight excluding hydrogens is 166 g/mol. The summed E-state index contributed by atoms with van der Waals surface area (Å²) in [6.07, 6.45) is 0.707. The van der Waals surface area contributed by atoms with Crippen LogP contribution in [-0.4, -0.2) is 36.6 Å². The van der Waals surface area contributed by atoms with E-state index in [1.807, 2.05) is 27.7 Å². The zero-order chi connectivity index (χ0) is 10.5. The Hall–Kier alpha value is -0.570. The third-order valence-corrected chi connectivity index (χ3v) is 2.63. The van der Waals surface area contributed by atoms with Gasteiger partial charge >= 0.3 is 0 Å². The van der Waals surface area contributed by atoms with Crippen LogP contribution in [-0.2, 0) is 9.53 Å². The Labute approximate surface area is 81.1 Å². The molecule has 3 heteroatoms. The van der Waals surface area contributed by atoms with Crippen LogP contribution in [0.15, 0.2) is 0 Å². The van der Waals surface area contributed by atoms with Crippen LogP contribution < -0.4 is 0 Å². The van der Waals surface area contributed by atoms with Crippen LogP contribution in [0.5, 0.6) is 0 Å². The van der Waals surface area contributed by atoms with E-state index < -0.39 is 5.60 Å². The minimum atomic E-state index is -0.647. The van der Waals surface area contributed by atoms with Crippen molar-refractivity contribution in [2.45, 2.75) is 39.7 Å². The Morgan fingerprint density at radius 3 is 2.00 bits per heavy atom. The molecule has 0 aliphatic carbocycles. The van der Waals surface area contributed by atoms with Crippen molar-refractivity contribution in [3.8, 4) is 0 Å². The van der Waals surface area contributed by atoms with Crippen molar-refractivity contribution in [2.24, 2.45) is 0 Å². The summed E-state index contributed by atoms with van der Waals surface area (Å²) in [5.41, 5.74) is -0.647. The van der Waals surface area contributed by atoms with Gasteiger partial charge in [-0.1, -0.05) is 6.92 Å². The lowest BCUT2D eigenvalue weighted by Crippen LogP contribution is -2.47. The second kappa shape index (κ2) is 5.22. The first-order valence-corrected chi connectivity index (χ1v) is 4.90. The van der Waals surface area contributed by atoms with Crippen LogP contribution in [0.4, 0.5) is 0 Å². The summed E-state index contributed by atoms with van der Waals surface area (Å²) in [6.45, 7) is 9.25. The van der Waals surface area contributed by atoms with E-state index in [2.05, 4.69) is 0 Å². The number of methoxy groups -OCH3 is 1. The molecule has 0 N–H and O–H groups in total. The highest BCUT2D eigenvalue weighted by Gasteiger charge is 2.33. The third kappa shape index (κ3) is 2.69. The standard InChI is InChI=1S/C10H21NO2/c1-6-10(4,13-5)9(12)11(7-2)8-3/h6-8H2,1-5H3. The molecule has 0 aromatic heterocycles. The highest BCUT2D eigenvalue weighted by molar-refractivity contribution is 5.84. The highest BCUT2D eigenvalue weighted by atomic mass is 16.5. The molecule has 0 saturated heterocycles. The Balaban J connectivity index is 4.53. The fourth-order valence-corrected chi connectivity index (χ4v) is 1.23. The number of amides is 1. The maximum Gasteiger partial charge on any atom is 0.254 e.